The second kappa shape index (κ2) is 4.34. The van der Waals surface area contributed by atoms with Crippen molar-refractivity contribution >= 4 is 5.91 Å². The Morgan fingerprint density at radius 2 is 1.91 bits per heavy atom. The Balaban J connectivity index is 3.53. The molecule has 0 aromatic carbocycles. The smallest absolute Gasteiger partial charge is 0.221 e. The fourth-order valence-electron chi connectivity index (χ4n) is 0.719. The summed E-state index contributed by atoms with van der Waals surface area (Å²) in [5.74, 6) is 0.104. The van der Waals surface area contributed by atoms with E-state index in [1.807, 2.05) is 27.8 Å². The Hall–Kier alpha value is -0.570. The fraction of sp³-hybridized carbons (Fsp3) is 0.875. The Morgan fingerprint density at radius 1 is 1.36 bits per heavy atom. The molecule has 0 fully saturated rings. The van der Waals surface area contributed by atoms with Gasteiger partial charge in [-0.25, -0.2) is 0 Å². The minimum atomic E-state index is -0.106. The molecule has 0 saturated carbocycles. The van der Waals surface area contributed by atoms with Gasteiger partial charge in [0.25, 0.3) is 0 Å². The van der Waals surface area contributed by atoms with Crippen molar-refractivity contribution in [1.82, 2.24) is 10.6 Å². The number of nitrogens with one attached hydrogen (secondary N) is 2. The minimum absolute atomic E-state index is 0.104. The zero-order valence-electron chi connectivity index (χ0n) is 7.82. The molecular weight excluding hydrogens is 140 g/mol. The zero-order valence-corrected chi connectivity index (χ0v) is 7.82. The average Bonchev–Trinajstić information content (AvgIpc) is 1.79. The Bertz CT molecular complexity index is 127. The van der Waals surface area contributed by atoms with Crippen molar-refractivity contribution in [3.8, 4) is 0 Å². The Labute approximate surface area is 68.6 Å². The highest BCUT2D eigenvalue weighted by atomic mass is 16.1. The van der Waals surface area contributed by atoms with Crippen LogP contribution in [0.3, 0.4) is 0 Å². The normalized spacial score (nSPS) is 11.3. The van der Waals surface area contributed by atoms with Gasteiger partial charge in [0.1, 0.15) is 0 Å². The first-order valence-electron chi connectivity index (χ1n) is 3.91. The molecule has 3 nitrogen and oxygen atoms in total. The molecule has 0 aromatic rings. The van der Waals surface area contributed by atoms with Crippen molar-refractivity contribution in [2.75, 3.05) is 13.6 Å². The van der Waals surface area contributed by atoms with Crippen molar-refractivity contribution < 1.29 is 4.79 Å². The van der Waals surface area contributed by atoms with Gasteiger partial charge in [0, 0.05) is 18.5 Å². The largest absolute Gasteiger partial charge is 0.351 e. The SMILES string of the molecule is CNCCC(=O)NC(C)(C)C. The van der Waals surface area contributed by atoms with E-state index < -0.39 is 0 Å². The lowest BCUT2D eigenvalue weighted by molar-refractivity contribution is -0.122. The molecule has 0 aliphatic rings. The summed E-state index contributed by atoms with van der Waals surface area (Å²) in [6.07, 6.45) is 0.549. The summed E-state index contributed by atoms with van der Waals surface area (Å²) in [6, 6.07) is 0. The summed E-state index contributed by atoms with van der Waals surface area (Å²) in [5, 5.41) is 5.80. The minimum Gasteiger partial charge on any atom is -0.351 e. The third kappa shape index (κ3) is 7.33. The number of hydrogen-bond acceptors (Lipinski definition) is 2. The molecule has 0 rings (SSSR count). The van der Waals surface area contributed by atoms with Crippen LogP contribution in [-0.2, 0) is 4.79 Å². The van der Waals surface area contributed by atoms with Gasteiger partial charge in [0.15, 0.2) is 0 Å². The fourth-order valence-corrected chi connectivity index (χ4v) is 0.719. The van der Waals surface area contributed by atoms with Gasteiger partial charge in [-0.3, -0.25) is 4.79 Å². The van der Waals surface area contributed by atoms with Crippen molar-refractivity contribution in [1.29, 1.82) is 0 Å². The van der Waals surface area contributed by atoms with Crippen LogP contribution in [0, 0.1) is 0 Å². The van der Waals surface area contributed by atoms with E-state index >= 15 is 0 Å². The monoisotopic (exact) mass is 158 g/mol. The van der Waals surface area contributed by atoms with Crippen LogP contribution in [0.1, 0.15) is 27.2 Å². The van der Waals surface area contributed by atoms with Gasteiger partial charge in [-0.05, 0) is 27.8 Å². The average molecular weight is 158 g/mol. The maximum Gasteiger partial charge on any atom is 0.221 e. The summed E-state index contributed by atoms with van der Waals surface area (Å²) in [5.41, 5.74) is -0.106. The van der Waals surface area contributed by atoms with E-state index in [-0.39, 0.29) is 11.4 Å². The summed E-state index contributed by atoms with van der Waals surface area (Å²) < 4.78 is 0. The number of rotatable bonds is 3. The van der Waals surface area contributed by atoms with Crippen LogP contribution >= 0.6 is 0 Å². The quantitative estimate of drug-likeness (QED) is 0.628. The molecule has 0 unspecified atom stereocenters. The summed E-state index contributed by atoms with van der Waals surface area (Å²) in [6.45, 7) is 6.67. The first-order valence-corrected chi connectivity index (χ1v) is 3.91. The van der Waals surface area contributed by atoms with E-state index in [1.165, 1.54) is 0 Å². The number of amides is 1. The number of carbonyl (C=O) groups excluding carboxylic acids is 1. The predicted molar refractivity (Wildman–Crippen MR) is 46.4 cm³/mol. The van der Waals surface area contributed by atoms with Gasteiger partial charge in [-0.1, -0.05) is 0 Å². The molecule has 0 heterocycles. The van der Waals surface area contributed by atoms with E-state index in [2.05, 4.69) is 10.6 Å². The van der Waals surface area contributed by atoms with Crippen LogP contribution < -0.4 is 10.6 Å². The molecule has 11 heavy (non-hydrogen) atoms. The molecule has 1 amide bonds. The van der Waals surface area contributed by atoms with Crippen LogP contribution in [0.4, 0.5) is 0 Å². The third-order valence-electron chi connectivity index (χ3n) is 1.12. The lowest BCUT2D eigenvalue weighted by atomic mass is 10.1. The second-order valence-electron chi connectivity index (χ2n) is 3.65. The van der Waals surface area contributed by atoms with Crippen molar-refractivity contribution in [3.05, 3.63) is 0 Å². The highest BCUT2D eigenvalue weighted by Crippen LogP contribution is 1.98. The number of hydrogen-bond donors (Lipinski definition) is 2. The van der Waals surface area contributed by atoms with Crippen molar-refractivity contribution in [2.24, 2.45) is 0 Å². The summed E-state index contributed by atoms with van der Waals surface area (Å²) in [7, 11) is 1.84. The van der Waals surface area contributed by atoms with E-state index in [4.69, 9.17) is 0 Å². The van der Waals surface area contributed by atoms with Gasteiger partial charge in [-0.2, -0.15) is 0 Å². The molecule has 0 atom stereocenters. The van der Waals surface area contributed by atoms with Gasteiger partial charge in [0.05, 0.1) is 0 Å². The first kappa shape index (κ1) is 10.4. The van der Waals surface area contributed by atoms with Gasteiger partial charge >= 0.3 is 0 Å². The highest BCUT2D eigenvalue weighted by Gasteiger charge is 2.12. The molecular formula is C8H18N2O. The molecule has 0 saturated heterocycles. The highest BCUT2D eigenvalue weighted by molar-refractivity contribution is 5.76. The molecule has 2 N–H and O–H groups in total. The maximum atomic E-state index is 11.1. The van der Waals surface area contributed by atoms with E-state index in [9.17, 15) is 4.79 Å². The Morgan fingerprint density at radius 3 is 2.27 bits per heavy atom. The topological polar surface area (TPSA) is 41.1 Å². The molecule has 0 spiro atoms. The van der Waals surface area contributed by atoms with E-state index in [0.29, 0.717) is 6.42 Å². The Kier molecular flexibility index (Phi) is 4.11. The van der Waals surface area contributed by atoms with Crippen LogP contribution in [0.5, 0.6) is 0 Å². The molecule has 66 valence electrons. The second-order valence-corrected chi connectivity index (χ2v) is 3.65. The summed E-state index contributed by atoms with van der Waals surface area (Å²) >= 11 is 0. The first-order chi connectivity index (χ1) is 4.95. The van der Waals surface area contributed by atoms with E-state index in [0.717, 1.165) is 6.54 Å². The van der Waals surface area contributed by atoms with Crippen LogP contribution in [0.25, 0.3) is 0 Å². The lowest BCUT2D eigenvalue weighted by Gasteiger charge is -2.20. The molecule has 0 radical (unpaired) electrons. The standard InChI is InChI=1S/C8H18N2O/c1-8(2,3)10-7(11)5-6-9-4/h9H,5-6H2,1-4H3,(H,10,11). The van der Waals surface area contributed by atoms with E-state index in [1.54, 1.807) is 0 Å². The number of carbonyl (C=O) groups is 1. The predicted octanol–water partition coefficient (Wildman–Crippen LogP) is 0.511. The molecule has 0 aromatic heterocycles. The molecule has 0 bridgehead atoms. The van der Waals surface area contributed by atoms with Gasteiger partial charge in [0.2, 0.25) is 5.91 Å². The zero-order chi connectivity index (χ0) is 8.91. The van der Waals surface area contributed by atoms with Crippen LogP contribution in [0.2, 0.25) is 0 Å². The molecule has 0 aliphatic carbocycles. The maximum absolute atomic E-state index is 11.1. The third-order valence-corrected chi connectivity index (χ3v) is 1.12. The summed E-state index contributed by atoms with van der Waals surface area (Å²) in [4.78, 5) is 11.1. The lowest BCUT2D eigenvalue weighted by Crippen LogP contribution is -2.41. The van der Waals surface area contributed by atoms with Gasteiger partial charge < -0.3 is 10.6 Å². The van der Waals surface area contributed by atoms with Crippen LogP contribution in [0.15, 0.2) is 0 Å². The van der Waals surface area contributed by atoms with Crippen molar-refractivity contribution in [3.63, 3.8) is 0 Å². The molecule has 3 heteroatoms. The van der Waals surface area contributed by atoms with Gasteiger partial charge in [-0.15, -0.1) is 0 Å². The van der Waals surface area contributed by atoms with Crippen molar-refractivity contribution in [2.45, 2.75) is 32.7 Å². The van der Waals surface area contributed by atoms with Crippen LogP contribution in [-0.4, -0.2) is 25.0 Å². The molecule has 0 aliphatic heterocycles.